The van der Waals surface area contributed by atoms with Gasteiger partial charge in [0.2, 0.25) is 0 Å². The van der Waals surface area contributed by atoms with Gasteiger partial charge in [-0.2, -0.15) is 0 Å². The number of rotatable bonds is 5. The van der Waals surface area contributed by atoms with Crippen molar-refractivity contribution in [3.05, 3.63) is 53.6 Å². The van der Waals surface area contributed by atoms with Crippen molar-refractivity contribution in [2.24, 2.45) is 0 Å². The first-order valence-corrected chi connectivity index (χ1v) is 8.48. The van der Waals surface area contributed by atoms with Crippen LogP contribution in [0.4, 0.5) is 0 Å². The first kappa shape index (κ1) is 22.0. The van der Waals surface area contributed by atoms with E-state index in [2.05, 4.69) is 6.07 Å². The molecule has 26 heavy (non-hydrogen) atoms. The summed E-state index contributed by atoms with van der Waals surface area (Å²) < 4.78 is 12.1. The molecular formula is C20H29BO5. The summed E-state index contributed by atoms with van der Waals surface area (Å²) in [6.45, 7) is 11.3. The SMILES string of the molecule is Cc1cc(C)cc(Oc2ccccc2OC(C)(C)C(C)(C)O)c1.OBO. The molecule has 0 unspecified atom stereocenters. The van der Waals surface area contributed by atoms with E-state index in [-0.39, 0.29) is 0 Å². The molecule has 0 radical (unpaired) electrons. The van der Waals surface area contributed by atoms with Gasteiger partial charge < -0.3 is 24.6 Å². The highest BCUT2D eigenvalue weighted by Crippen LogP contribution is 2.36. The molecule has 0 atom stereocenters. The Morgan fingerprint density at radius 1 is 0.846 bits per heavy atom. The van der Waals surface area contributed by atoms with Gasteiger partial charge in [0.05, 0.1) is 5.60 Å². The van der Waals surface area contributed by atoms with E-state index in [1.807, 2.05) is 64.1 Å². The second-order valence-electron chi connectivity index (χ2n) is 7.19. The second kappa shape index (κ2) is 9.08. The van der Waals surface area contributed by atoms with Crippen molar-refractivity contribution in [1.29, 1.82) is 0 Å². The molecule has 0 spiro atoms. The second-order valence-corrected chi connectivity index (χ2v) is 7.19. The van der Waals surface area contributed by atoms with Gasteiger partial charge in [-0.1, -0.05) is 18.2 Å². The Kier molecular flexibility index (Phi) is 7.69. The van der Waals surface area contributed by atoms with Gasteiger partial charge in [-0.3, -0.25) is 0 Å². The summed E-state index contributed by atoms with van der Waals surface area (Å²) in [5.41, 5.74) is 0.556. The van der Waals surface area contributed by atoms with Crippen LogP contribution in [0.5, 0.6) is 17.2 Å². The summed E-state index contributed by atoms with van der Waals surface area (Å²) in [7, 11) is -0.750. The summed E-state index contributed by atoms with van der Waals surface area (Å²) in [4.78, 5) is 0. The third-order valence-electron chi connectivity index (χ3n) is 4.11. The van der Waals surface area contributed by atoms with Crippen molar-refractivity contribution in [3.8, 4) is 17.2 Å². The van der Waals surface area contributed by atoms with Crippen LogP contribution in [-0.4, -0.2) is 34.0 Å². The zero-order valence-electron chi connectivity index (χ0n) is 16.4. The van der Waals surface area contributed by atoms with Gasteiger partial charge in [0, 0.05) is 0 Å². The maximum atomic E-state index is 10.3. The number of para-hydroxylation sites is 2. The van der Waals surface area contributed by atoms with Crippen LogP contribution < -0.4 is 9.47 Å². The molecule has 0 aliphatic heterocycles. The molecule has 2 aromatic rings. The van der Waals surface area contributed by atoms with Gasteiger partial charge in [-0.05, 0) is 76.9 Å². The highest BCUT2D eigenvalue weighted by atomic mass is 16.5. The Bertz CT molecular complexity index is 687. The summed E-state index contributed by atoms with van der Waals surface area (Å²) in [5.74, 6) is 2.02. The lowest BCUT2D eigenvalue weighted by Gasteiger charge is -2.37. The normalized spacial score (nSPS) is 11.3. The predicted octanol–water partition coefficient (Wildman–Crippen LogP) is 3.26. The molecular weight excluding hydrogens is 331 g/mol. The molecule has 5 nitrogen and oxygen atoms in total. The Morgan fingerprint density at radius 3 is 1.77 bits per heavy atom. The van der Waals surface area contributed by atoms with E-state index in [0.717, 1.165) is 16.9 Å². The topological polar surface area (TPSA) is 79.2 Å². The van der Waals surface area contributed by atoms with Crippen LogP contribution in [0.1, 0.15) is 38.8 Å². The van der Waals surface area contributed by atoms with E-state index in [4.69, 9.17) is 19.5 Å². The first-order valence-electron chi connectivity index (χ1n) is 8.48. The monoisotopic (exact) mass is 360 g/mol. The maximum Gasteiger partial charge on any atom is 0.432 e. The zero-order valence-corrected chi connectivity index (χ0v) is 16.4. The highest BCUT2D eigenvalue weighted by Gasteiger charge is 2.37. The number of hydrogen-bond acceptors (Lipinski definition) is 5. The van der Waals surface area contributed by atoms with Crippen LogP contribution in [0, 0.1) is 13.8 Å². The molecule has 0 heterocycles. The molecule has 3 N–H and O–H groups in total. The molecule has 0 fully saturated rings. The number of hydrogen-bond donors (Lipinski definition) is 3. The quantitative estimate of drug-likeness (QED) is 0.714. The maximum absolute atomic E-state index is 10.3. The third-order valence-corrected chi connectivity index (χ3v) is 4.11. The fourth-order valence-electron chi connectivity index (χ4n) is 2.14. The van der Waals surface area contributed by atoms with Crippen molar-refractivity contribution < 1.29 is 24.6 Å². The van der Waals surface area contributed by atoms with E-state index in [9.17, 15) is 5.11 Å². The third kappa shape index (κ3) is 6.37. The minimum Gasteiger partial charge on any atom is -0.481 e. The van der Waals surface area contributed by atoms with Gasteiger partial charge in [0.15, 0.2) is 11.5 Å². The van der Waals surface area contributed by atoms with Crippen molar-refractivity contribution in [2.45, 2.75) is 52.7 Å². The highest BCUT2D eigenvalue weighted by molar-refractivity contribution is 6.13. The van der Waals surface area contributed by atoms with Gasteiger partial charge in [0.1, 0.15) is 11.4 Å². The van der Waals surface area contributed by atoms with Gasteiger partial charge in [-0.25, -0.2) is 0 Å². The first-order chi connectivity index (χ1) is 12.0. The lowest BCUT2D eigenvalue weighted by atomic mass is 9.89. The molecule has 0 amide bonds. The van der Waals surface area contributed by atoms with Crippen LogP contribution in [0.15, 0.2) is 42.5 Å². The fraction of sp³-hybridized carbons (Fsp3) is 0.400. The Balaban J connectivity index is 0.00000105. The molecule has 0 aliphatic carbocycles. The largest absolute Gasteiger partial charge is 0.481 e. The van der Waals surface area contributed by atoms with Crippen LogP contribution >= 0.6 is 0 Å². The number of benzene rings is 2. The Morgan fingerprint density at radius 2 is 1.31 bits per heavy atom. The fourth-order valence-corrected chi connectivity index (χ4v) is 2.14. The lowest BCUT2D eigenvalue weighted by molar-refractivity contribution is -0.0912. The minimum atomic E-state index is -0.986. The number of ether oxygens (including phenoxy) is 2. The Labute approximate surface area is 156 Å². The molecule has 0 aromatic heterocycles. The van der Waals surface area contributed by atoms with Crippen LogP contribution in [-0.2, 0) is 0 Å². The van der Waals surface area contributed by atoms with E-state index in [1.165, 1.54) is 0 Å². The van der Waals surface area contributed by atoms with Crippen LogP contribution in [0.2, 0.25) is 0 Å². The van der Waals surface area contributed by atoms with Crippen molar-refractivity contribution in [1.82, 2.24) is 0 Å². The van der Waals surface area contributed by atoms with Crippen molar-refractivity contribution >= 4 is 7.69 Å². The lowest BCUT2D eigenvalue weighted by Crippen LogP contribution is -2.49. The van der Waals surface area contributed by atoms with E-state index >= 15 is 0 Å². The molecule has 2 rings (SSSR count). The summed E-state index contributed by atoms with van der Waals surface area (Å²) >= 11 is 0. The smallest absolute Gasteiger partial charge is 0.432 e. The molecule has 0 saturated heterocycles. The molecule has 0 aliphatic rings. The molecule has 0 saturated carbocycles. The molecule has 2 aromatic carbocycles. The minimum absolute atomic E-state index is 0.610. The average Bonchev–Trinajstić information content (AvgIpc) is 2.47. The van der Waals surface area contributed by atoms with Crippen LogP contribution in [0.25, 0.3) is 0 Å². The van der Waals surface area contributed by atoms with E-state index in [1.54, 1.807) is 13.8 Å². The van der Waals surface area contributed by atoms with E-state index in [0.29, 0.717) is 11.5 Å². The standard InChI is InChI=1S/C20H26O3.BH3O2/c1-14-11-15(2)13-16(12-14)22-17-9-7-8-10-18(17)23-20(5,6)19(3,4)21;2-1-3/h7-13,21H,1-6H3;1-3H. The summed E-state index contributed by atoms with van der Waals surface area (Å²) in [5, 5.41) is 24.5. The van der Waals surface area contributed by atoms with Crippen LogP contribution in [0.3, 0.4) is 0 Å². The number of aliphatic hydroxyl groups is 1. The number of aryl methyl sites for hydroxylation is 2. The summed E-state index contributed by atoms with van der Waals surface area (Å²) in [6.07, 6.45) is 0. The van der Waals surface area contributed by atoms with Gasteiger partial charge in [-0.15, -0.1) is 0 Å². The Hall–Kier alpha value is -2.02. The predicted molar refractivity (Wildman–Crippen MR) is 105 cm³/mol. The van der Waals surface area contributed by atoms with Gasteiger partial charge >= 0.3 is 7.69 Å². The molecule has 0 bridgehead atoms. The zero-order chi connectivity index (χ0) is 20.0. The van der Waals surface area contributed by atoms with Crippen molar-refractivity contribution in [2.75, 3.05) is 0 Å². The van der Waals surface area contributed by atoms with E-state index < -0.39 is 18.9 Å². The average molecular weight is 360 g/mol. The molecule has 6 heteroatoms. The van der Waals surface area contributed by atoms with Gasteiger partial charge in [0.25, 0.3) is 0 Å². The summed E-state index contributed by atoms with van der Waals surface area (Å²) in [6, 6.07) is 13.6. The van der Waals surface area contributed by atoms with Crippen molar-refractivity contribution in [3.63, 3.8) is 0 Å². The molecule has 142 valence electrons.